The first-order valence-electron chi connectivity index (χ1n) is 9.78. The van der Waals surface area contributed by atoms with Crippen LogP contribution in [-0.4, -0.2) is 7.11 Å². The van der Waals surface area contributed by atoms with Crippen molar-refractivity contribution in [1.29, 1.82) is 0 Å². The van der Waals surface area contributed by atoms with Crippen molar-refractivity contribution in [1.82, 2.24) is 0 Å². The summed E-state index contributed by atoms with van der Waals surface area (Å²) in [5, 5.41) is 0.129. The van der Waals surface area contributed by atoms with Gasteiger partial charge in [-0.25, -0.2) is 4.39 Å². The van der Waals surface area contributed by atoms with Gasteiger partial charge in [0.2, 0.25) is 0 Å². The lowest BCUT2D eigenvalue weighted by atomic mass is 9.68. The summed E-state index contributed by atoms with van der Waals surface area (Å²) in [5.41, 5.74) is 0.779. The number of methoxy groups -OCH3 is 1. The molecule has 0 unspecified atom stereocenters. The first-order chi connectivity index (χ1) is 12.1. The van der Waals surface area contributed by atoms with Gasteiger partial charge in [0, 0.05) is 0 Å². The molecule has 0 spiro atoms. The second-order valence-corrected chi connectivity index (χ2v) is 8.18. The molecule has 0 radical (unpaired) electrons. The zero-order valence-electron chi connectivity index (χ0n) is 15.4. The Kier molecular flexibility index (Phi) is 6.44. The van der Waals surface area contributed by atoms with Crippen LogP contribution in [0.15, 0.2) is 24.3 Å². The van der Waals surface area contributed by atoms with E-state index < -0.39 is 0 Å². The van der Waals surface area contributed by atoms with Crippen LogP contribution in [0.2, 0.25) is 5.02 Å². The second kappa shape index (κ2) is 8.58. The molecule has 0 atom stereocenters. The summed E-state index contributed by atoms with van der Waals surface area (Å²) < 4.78 is 19.7. The van der Waals surface area contributed by atoms with E-state index in [1.165, 1.54) is 45.6 Å². The van der Waals surface area contributed by atoms with Gasteiger partial charge >= 0.3 is 0 Å². The summed E-state index contributed by atoms with van der Waals surface area (Å²) in [6.07, 6.45) is 14.6. The van der Waals surface area contributed by atoms with Crippen molar-refractivity contribution < 1.29 is 9.13 Å². The molecule has 1 aromatic rings. The Bertz CT molecular complexity index is 596. The molecule has 2 fully saturated rings. The van der Waals surface area contributed by atoms with Crippen LogP contribution in [0.3, 0.4) is 0 Å². The zero-order chi connectivity index (χ0) is 17.8. The minimum Gasteiger partial charge on any atom is -0.495 e. The van der Waals surface area contributed by atoms with E-state index in [9.17, 15) is 4.39 Å². The molecule has 0 heterocycles. The van der Waals surface area contributed by atoms with Crippen molar-refractivity contribution in [3.05, 3.63) is 40.7 Å². The minimum absolute atomic E-state index is 0.129. The fraction of sp³-hybridized carbons (Fsp3) is 0.636. The molecule has 2 aliphatic rings. The molecule has 3 rings (SSSR count). The number of hydrogen-bond donors (Lipinski definition) is 0. The molecule has 0 aromatic heterocycles. The smallest absolute Gasteiger partial charge is 0.149 e. The predicted molar refractivity (Wildman–Crippen MR) is 103 cm³/mol. The van der Waals surface area contributed by atoms with Crippen molar-refractivity contribution >= 4 is 11.6 Å². The summed E-state index contributed by atoms with van der Waals surface area (Å²) >= 11 is 6.10. The highest BCUT2D eigenvalue weighted by atomic mass is 35.5. The van der Waals surface area contributed by atoms with Crippen LogP contribution in [0.4, 0.5) is 4.39 Å². The largest absolute Gasteiger partial charge is 0.495 e. The van der Waals surface area contributed by atoms with E-state index in [1.54, 1.807) is 6.07 Å². The van der Waals surface area contributed by atoms with E-state index >= 15 is 0 Å². The first-order valence-corrected chi connectivity index (χ1v) is 10.2. The van der Waals surface area contributed by atoms with Crippen molar-refractivity contribution in [3.8, 4) is 5.75 Å². The van der Waals surface area contributed by atoms with Crippen molar-refractivity contribution in [2.45, 2.75) is 64.2 Å². The van der Waals surface area contributed by atoms with E-state index in [0.29, 0.717) is 11.7 Å². The average molecular weight is 365 g/mol. The standard InChI is InChI=1S/C22H30ClFO/c1-3-4-15-5-7-16(8-6-15)17-9-11-18(12-10-17)19-13-14-20(25-2)21(23)22(19)24/h3-4,13-18H,5-12H2,1-2H3/b4-3+. The quantitative estimate of drug-likeness (QED) is 0.515. The summed E-state index contributed by atoms with van der Waals surface area (Å²) in [7, 11) is 1.52. The molecule has 3 heteroatoms. The lowest BCUT2D eigenvalue weighted by Crippen LogP contribution is -2.25. The fourth-order valence-corrected chi connectivity index (χ4v) is 5.25. The van der Waals surface area contributed by atoms with E-state index in [2.05, 4.69) is 19.1 Å². The van der Waals surface area contributed by atoms with Gasteiger partial charge in [0.25, 0.3) is 0 Å². The van der Waals surface area contributed by atoms with Crippen LogP contribution in [0.1, 0.15) is 69.8 Å². The number of halogens is 2. The molecule has 0 saturated heterocycles. The summed E-state index contributed by atoms with van der Waals surface area (Å²) in [4.78, 5) is 0. The van der Waals surface area contributed by atoms with Gasteiger partial charge in [-0.1, -0.05) is 29.8 Å². The van der Waals surface area contributed by atoms with Gasteiger partial charge in [-0.2, -0.15) is 0 Å². The zero-order valence-corrected chi connectivity index (χ0v) is 16.2. The number of hydrogen-bond acceptors (Lipinski definition) is 1. The maximum atomic E-state index is 14.6. The number of ether oxygens (including phenoxy) is 1. The van der Waals surface area contributed by atoms with Crippen LogP contribution in [0.25, 0.3) is 0 Å². The monoisotopic (exact) mass is 364 g/mol. The molecule has 0 bridgehead atoms. The van der Waals surface area contributed by atoms with Crippen LogP contribution in [0.5, 0.6) is 5.75 Å². The molecule has 0 N–H and O–H groups in total. The van der Waals surface area contributed by atoms with E-state index in [4.69, 9.17) is 16.3 Å². The highest BCUT2D eigenvalue weighted by Crippen LogP contribution is 2.45. The number of benzene rings is 1. The van der Waals surface area contributed by atoms with Gasteiger partial charge in [-0.15, -0.1) is 0 Å². The third-order valence-electron chi connectivity index (χ3n) is 6.46. The summed E-state index contributed by atoms with van der Waals surface area (Å²) in [6, 6.07) is 3.67. The molecule has 2 aliphatic carbocycles. The molecule has 0 amide bonds. The van der Waals surface area contributed by atoms with E-state index in [0.717, 1.165) is 36.2 Å². The van der Waals surface area contributed by atoms with Crippen molar-refractivity contribution in [2.75, 3.05) is 7.11 Å². The van der Waals surface area contributed by atoms with Gasteiger partial charge in [-0.3, -0.25) is 0 Å². The van der Waals surface area contributed by atoms with Crippen molar-refractivity contribution in [3.63, 3.8) is 0 Å². The SMILES string of the molecule is C/C=C/C1CCC(C2CCC(c3ccc(OC)c(Cl)c3F)CC2)CC1. The average Bonchev–Trinajstić information content (AvgIpc) is 2.65. The Labute approximate surface area is 156 Å². The number of rotatable bonds is 4. The van der Waals surface area contributed by atoms with Crippen LogP contribution in [0, 0.1) is 23.6 Å². The molecule has 0 aliphatic heterocycles. The Morgan fingerprint density at radius 3 is 2.16 bits per heavy atom. The molecule has 138 valence electrons. The highest BCUT2D eigenvalue weighted by molar-refractivity contribution is 6.32. The lowest BCUT2D eigenvalue weighted by Gasteiger charge is -2.37. The minimum atomic E-state index is -0.281. The Balaban J connectivity index is 1.57. The fourth-order valence-electron chi connectivity index (χ4n) is 5.00. The third-order valence-corrected chi connectivity index (χ3v) is 6.81. The normalized spacial score (nSPS) is 30.6. The maximum Gasteiger partial charge on any atom is 0.149 e. The predicted octanol–water partition coefficient (Wildman–Crippen LogP) is 7.14. The Morgan fingerprint density at radius 1 is 1.00 bits per heavy atom. The van der Waals surface area contributed by atoms with Gasteiger partial charge < -0.3 is 4.74 Å². The van der Waals surface area contributed by atoms with Gasteiger partial charge in [0.1, 0.15) is 16.6 Å². The van der Waals surface area contributed by atoms with E-state index in [-0.39, 0.29) is 10.8 Å². The molecular weight excluding hydrogens is 335 g/mol. The van der Waals surface area contributed by atoms with Gasteiger partial charge in [0.05, 0.1) is 7.11 Å². The summed E-state index contributed by atoms with van der Waals surface area (Å²) in [5.74, 6) is 2.96. The van der Waals surface area contributed by atoms with Crippen LogP contribution >= 0.6 is 11.6 Å². The van der Waals surface area contributed by atoms with Gasteiger partial charge in [0.15, 0.2) is 0 Å². The van der Waals surface area contributed by atoms with Crippen LogP contribution in [-0.2, 0) is 0 Å². The lowest BCUT2D eigenvalue weighted by molar-refractivity contribution is 0.171. The molecule has 1 nitrogen and oxygen atoms in total. The first kappa shape index (κ1) is 18.8. The Hall–Kier alpha value is -1.02. The third kappa shape index (κ3) is 4.22. The van der Waals surface area contributed by atoms with Crippen molar-refractivity contribution in [2.24, 2.45) is 17.8 Å². The maximum absolute atomic E-state index is 14.6. The second-order valence-electron chi connectivity index (χ2n) is 7.80. The van der Waals surface area contributed by atoms with Crippen LogP contribution < -0.4 is 4.74 Å². The summed E-state index contributed by atoms with van der Waals surface area (Å²) in [6.45, 7) is 2.12. The van der Waals surface area contributed by atoms with E-state index in [1.807, 2.05) is 6.07 Å². The Morgan fingerprint density at radius 2 is 1.60 bits per heavy atom. The molecule has 1 aromatic carbocycles. The molecule has 2 saturated carbocycles. The van der Waals surface area contributed by atoms with Gasteiger partial charge in [-0.05, 0) is 93.6 Å². The molecule has 25 heavy (non-hydrogen) atoms. The highest BCUT2D eigenvalue weighted by Gasteiger charge is 2.32. The topological polar surface area (TPSA) is 9.23 Å². The number of allylic oxidation sites excluding steroid dienone is 2. The molecular formula is C22H30ClFO.